The van der Waals surface area contributed by atoms with E-state index in [1.54, 1.807) is 30.0 Å². The third-order valence-corrected chi connectivity index (χ3v) is 5.59. The lowest BCUT2D eigenvalue weighted by Crippen LogP contribution is -2.54. The van der Waals surface area contributed by atoms with Crippen molar-refractivity contribution in [2.24, 2.45) is 5.92 Å². The van der Waals surface area contributed by atoms with Crippen LogP contribution < -0.4 is 16.2 Å². The van der Waals surface area contributed by atoms with Crippen LogP contribution in [0.3, 0.4) is 0 Å². The normalized spacial score (nSPS) is 21.1. The van der Waals surface area contributed by atoms with Crippen molar-refractivity contribution in [1.29, 1.82) is 0 Å². The van der Waals surface area contributed by atoms with E-state index in [-0.39, 0.29) is 23.4 Å². The molecule has 2 aromatic rings. The minimum absolute atomic E-state index is 0.00209. The van der Waals surface area contributed by atoms with Gasteiger partial charge in [0.2, 0.25) is 5.91 Å². The maximum atomic E-state index is 13.3. The van der Waals surface area contributed by atoms with Gasteiger partial charge in [-0.3, -0.25) is 9.59 Å². The lowest BCUT2D eigenvalue weighted by molar-refractivity contribution is -0.117. The van der Waals surface area contributed by atoms with E-state index in [0.717, 1.165) is 12.1 Å². The zero-order valence-electron chi connectivity index (χ0n) is 16.1. The Balaban J connectivity index is 1.39. The molecule has 2 aliphatic heterocycles. The van der Waals surface area contributed by atoms with Gasteiger partial charge in [0.15, 0.2) is 0 Å². The number of benzene rings is 1. The Kier molecular flexibility index (Phi) is 5.08. The molecular formula is C21H23FN4O3. The number of urea groups is 1. The second-order valence-corrected chi connectivity index (χ2v) is 7.77. The summed E-state index contributed by atoms with van der Waals surface area (Å²) < 4.78 is 15.1. The molecule has 1 fully saturated rings. The Hall–Kier alpha value is -3.16. The Labute approximate surface area is 167 Å². The number of hydrogen-bond acceptors (Lipinski definition) is 3. The number of carbonyl (C=O) groups is 2. The molecule has 1 aromatic heterocycles. The summed E-state index contributed by atoms with van der Waals surface area (Å²) in [5, 5.41) is 5.32. The zero-order valence-corrected chi connectivity index (χ0v) is 16.1. The van der Waals surface area contributed by atoms with Gasteiger partial charge in [-0.05, 0) is 43.5 Å². The molecule has 0 spiro atoms. The highest BCUT2D eigenvalue weighted by molar-refractivity contribution is 5.96. The van der Waals surface area contributed by atoms with Gasteiger partial charge in [0, 0.05) is 43.0 Å². The number of piperidine rings is 1. The standard InChI is InChI=1S/C21H23FN4O3/c1-13(20(28)24-17-5-2-4-16(22)9-17)23-21(29)25-10-14-8-15(12-25)18-6-3-7-19(27)26(18)11-14/h2-7,9,13-15H,8,10-12H2,1H3,(H,23,29)(H,24,28)/t13-,14-,15-/m0/s1. The molecule has 29 heavy (non-hydrogen) atoms. The number of amides is 3. The fourth-order valence-electron chi connectivity index (χ4n) is 4.22. The van der Waals surface area contributed by atoms with Crippen molar-refractivity contribution < 1.29 is 14.0 Å². The average Bonchev–Trinajstić information content (AvgIpc) is 2.68. The predicted octanol–water partition coefficient (Wildman–Crippen LogP) is 2.14. The molecule has 0 unspecified atom stereocenters. The molecule has 3 amide bonds. The van der Waals surface area contributed by atoms with Gasteiger partial charge in [0.05, 0.1) is 0 Å². The van der Waals surface area contributed by atoms with E-state index >= 15 is 0 Å². The van der Waals surface area contributed by atoms with E-state index < -0.39 is 17.8 Å². The molecule has 0 radical (unpaired) electrons. The second-order valence-electron chi connectivity index (χ2n) is 7.77. The van der Waals surface area contributed by atoms with Crippen LogP contribution in [0.15, 0.2) is 47.3 Å². The summed E-state index contributed by atoms with van der Waals surface area (Å²) in [6, 6.07) is 9.78. The number of nitrogens with zero attached hydrogens (tertiary/aromatic N) is 2. The van der Waals surface area contributed by atoms with Crippen molar-refractivity contribution in [3.05, 3.63) is 64.3 Å². The quantitative estimate of drug-likeness (QED) is 0.831. The van der Waals surface area contributed by atoms with Crippen molar-refractivity contribution in [2.45, 2.75) is 31.8 Å². The topological polar surface area (TPSA) is 83.4 Å². The molecular weight excluding hydrogens is 375 g/mol. The van der Waals surface area contributed by atoms with Gasteiger partial charge in [-0.1, -0.05) is 12.1 Å². The molecule has 0 aliphatic carbocycles. The molecule has 8 heteroatoms. The van der Waals surface area contributed by atoms with E-state index in [1.165, 1.54) is 18.2 Å². The number of anilines is 1. The molecule has 1 aromatic carbocycles. The maximum Gasteiger partial charge on any atom is 0.318 e. The molecule has 7 nitrogen and oxygen atoms in total. The number of fused-ring (bicyclic) bond motifs is 4. The molecule has 0 saturated carbocycles. The molecule has 4 rings (SSSR count). The Morgan fingerprint density at radius 1 is 1.14 bits per heavy atom. The first kappa shape index (κ1) is 19.2. The molecule has 3 atom stereocenters. The predicted molar refractivity (Wildman–Crippen MR) is 106 cm³/mol. The van der Waals surface area contributed by atoms with Crippen molar-refractivity contribution in [1.82, 2.24) is 14.8 Å². The number of halogens is 1. The summed E-state index contributed by atoms with van der Waals surface area (Å²) in [5.74, 6) is -0.543. The Bertz CT molecular complexity index is 1010. The van der Waals surface area contributed by atoms with Crippen LogP contribution in [-0.2, 0) is 11.3 Å². The lowest BCUT2D eigenvalue weighted by Gasteiger charge is -2.42. The van der Waals surface area contributed by atoms with Crippen LogP contribution >= 0.6 is 0 Å². The van der Waals surface area contributed by atoms with E-state index in [4.69, 9.17) is 0 Å². The highest BCUT2D eigenvalue weighted by Crippen LogP contribution is 2.34. The maximum absolute atomic E-state index is 13.3. The third kappa shape index (κ3) is 4.01. The van der Waals surface area contributed by atoms with Gasteiger partial charge in [0.1, 0.15) is 11.9 Å². The van der Waals surface area contributed by atoms with Crippen molar-refractivity contribution in [3.8, 4) is 0 Å². The SMILES string of the molecule is C[C@H](NC(=O)N1C[C@@H]2C[C@@H](C1)c1cccc(=O)n1C2)C(=O)Nc1cccc(F)c1. The summed E-state index contributed by atoms with van der Waals surface area (Å²) >= 11 is 0. The summed E-state index contributed by atoms with van der Waals surface area (Å²) in [7, 11) is 0. The van der Waals surface area contributed by atoms with Crippen LogP contribution in [0.25, 0.3) is 0 Å². The van der Waals surface area contributed by atoms with Gasteiger partial charge < -0.3 is 20.1 Å². The second kappa shape index (κ2) is 7.69. The van der Waals surface area contributed by atoms with Crippen LogP contribution in [-0.4, -0.2) is 40.5 Å². The molecule has 3 heterocycles. The summed E-state index contributed by atoms with van der Waals surface area (Å²) in [5.41, 5.74) is 1.30. The van der Waals surface area contributed by atoms with Crippen molar-refractivity contribution in [3.63, 3.8) is 0 Å². The van der Waals surface area contributed by atoms with E-state index in [1.807, 2.05) is 10.6 Å². The number of pyridine rings is 1. The Morgan fingerprint density at radius 2 is 1.93 bits per heavy atom. The average molecular weight is 398 g/mol. The van der Waals surface area contributed by atoms with Crippen molar-refractivity contribution >= 4 is 17.6 Å². The van der Waals surface area contributed by atoms with E-state index in [2.05, 4.69) is 10.6 Å². The van der Waals surface area contributed by atoms with Crippen molar-refractivity contribution in [2.75, 3.05) is 18.4 Å². The molecule has 2 aliphatic rings. The fraction of sp³-hybridized carbons (Fsp3) is 0.381. The van der Waals surface area contributed by atoms with Crippen LogP contribution in [0.5, 0.6) is 0 Å². The minimum Gasteiger partial charge on any atom is -0.326 e. The number of rotatable bonds is 3. The highest BCUT2D eigenvalue weighted by atomic mass is 19.1. The first-order chi connectivity index (χ1) is 13.9. The smallest absolute Gasteiger partial charge is 0.318 e. The minimum atomic E-state index is -0.776. The zero-order chi connectivity index (χ0) is 20.5. The number of aromatic nitrogens is 1. The number of carbonyl (C=O) groups excluding carboxylic acids is 2. The van der Waals surface area contributed by atoms with Gasteiger partial charge in [-0.15, -0.1) is 0 Å². The number of nitrogens with one attached hydrogen (secondary N) is 2. The van der Waals surface area contributed by atoms with Gasteiger partial charge in [-0.25, -0.2) is 9.18 Å². The number of hydrogen-bond donors (Lipinski definition) is 2. The Morgan fingerprint density at radius 3 is 2.72 bits per heavy atom. The number of likely N-dealkylation sites (tertiary alicyclic amines) is 1. The molecule has 152 valence electrons. The first-order valence-electron chi connectivity index (χ1n) is 9.72. The fourth-order valence-corrected chi connectivity index (χ4v) is 4.22. The molecule has 1 saturated heterocycles. The largest absolute Gasteiger partial charge is 0.326 e. The first-order valence-corrected chi connectivity index (χ1v) is 9.72. The summed E-state index contributed by atoms with van der Waals surface area (Å²) in [6.07, 6.45) is 0.947. The van der Waals surface area contributed by atoms with Crippen LogP contribution in [0.1, 0.15) is 25.0 Å². The van der Waals surface area contributed by atoms with Crippen LogP contribution in [0.4, 0.5) is 14.9 Å². The van der Waals surface area contributed by atoms with Gasteiger partial charge in [-0.2, -0.15) is 0 Å². The molecule has 2 bridgehead atoms. The van der Waals surface area contributed by atoms with Gasteiger partial charge in [0.25, 0.3) is 5.56 Å². The van der Waals surface area contributed by atoms with E-state index in [0.29, 0.717) is 25.3 Å². The van der Waals surface area contributed by atoms with Crippen LogP contribution in [0, 0.1) is 11.7 Å². The molecule has 2 N–H and O–H groups in total. The van der Waals surface area contributed by atoms with E-state index in [9.17, 15) is 18.8 Å². The van der Waals surface area contributed by atoms with Gasteiger partial charge >= 0.3 is 6.03 Å². The highest BCUT2D eigenvalue weighted by Gasteiger charge is 2.36. The monoisotopic (exact) mass is 398 g/mol. The lowest BCUT2D eigenvalue weighted by atomic mass is 9.83. The third-order valence-electron chi connectivity index (χ3n) is 5.59. The summed E-state index contributed by atoms with van der Waals surface area (Å²) in [4.78, 5) is 38.9. The van der Waals surface area contributed by atoms with Crippen LogP contribution in [0.2, 0.25) is 0 Å². The summed E-state index contributed by atoms with van der Waals surface area (Å²) in [6.45, 7) is 3.24.